The van der Waals surface area contributed by atoms with Crippen molar-refractivity contribution in [3.8, 4) is 5.88 Å². The van der Waals surface area contributed by atoms with Crippen molar-refractivity contribution in [3.63, 3.8) is 0 Å². The summed E-state index contributed by atoms with van der Waals surface area (Å²) in [6, 6.07) is 2.26. The predicted octanol–water partition coefficient (Wildman–Crippen LogP) is 2.30. The van der Waals surface area contributed by atoms with Gasteiger partial charge in [-0.2, -0.15) is 9.97 Å². The molecule has 0 spiro atoms. The molecule has 100 valence electrons. The standard InChI is InChI=1S/C13H22N4O/c1-8-4-5-10(6-9(8)2)15-11-7-12(18-3)17-13(14)16-11/h7-10H,4-6H2,1-3H3,(H3,14,15,16,17). The highest BCUT2D eigenvalue weighted by molar-refractivity contribution is 5.43. The molecule has 3 unspecified atom stereocenters. The van der Waals surface area contributed by atoms with Gasteiger partial charge in [-0.1, -0.05) is 13.8 Å². The third-order valence-corrected chi connectivity index (χ3v) is 3.88. The molecule has 0 amide bonds. The molecular formula is C13H22N4O. The van der Waals surface area contributed by atoms with Crippen molar-refractivity contribution in [2.45, 2.75) is 39.2 Å². The second-order valence-electron chi connectivity index (χ2n) is 5.26. The molecule has 5 nitrogen and oxygen atoms in total. The van der Waals surface area contributed by atoms with E-state index in [2.05, 4.69) is 29.1 Å². The number of rotatable bonds is 3. The fourth-order valence-corrected chi connectivity index (χ4v) is 2.51. The summed E-state index contributed by atoms with van der Waals surface area (Å²) in [5.41, 5.74) is 5.65. The van der Waals surface area contributed by atoms with Gasteiger partial charge in [0.2, 0.25) is 11.8 Å². The number of hydrogen-bond acceptors (Lipinski definition) is 5. The first-order valence-electron chi connectivity index (χ1n) is 6.53. The molecule has 1 aromatic heterocycles. The molecule has 1 aliphatic rings. The summed E-state index contributed by atoms with van der Waals surface area (Å²) in [5.74, 6) is 3.06. The van der Waals surface area contributed by atoms with Gasteiger partial charge in [-0.25, -0.2) is 0 Å². The van der Waals surface area contributed by atoms with Crippen molar-refractivity contribution in [1.82, 2.24) is 9.97 Å². The number of hydrogen-bond donors (Lipinski definition) is 2. The largest absolute Gasteiger partial charge is 0.481 e. The van der Waals surface area contributed by atoms with E-state index in [0.717, 1.165) is 17.7 Å². The highest BCUT2D eigenvalue weighted by Gasteiger charge is 2.24. The topological polar surface area (TPSA) is 73.1 Å². The van der Waals surface area contributed by atoms with E-state index in [1.54, 1.807) is 13.2 Å². The molecule has 0 saturated heterocycles. The van der Waals surface area contributed by atoms with E-state index in [1.807, 2.05) is 0 Å². The van der Waals surface area contributed by atoms with Gasteiger partial charge < -0.3 is 15.8 Å². The first kappa shape index (κ1) is 12.9. The monoisotopic (exact) mass is 250 g/mol. The zero-order valence-corrected chi connectivity index (χ0v) is 11.3. The quantitative estimate of drug-likeness (QED) is 0.861. The first-order chi connectivity index (χ1) is 8.58. The maximum absolute atomic E-state index is 5.65. The summed E-state index contributed by atoms with van der Waals surface area (Å²) in [6.45, 7) is 4.64. The summed E-state index contributed by atoms with van der Waals surface area (Å²) in [6.07, 6.45) is 3.61. The van der Waals surface area contributed by atoms with Crippen molar-refractivity contribution in [2.24, 2.45) is 11.8 Å². The van der Waals surface area contributed by atoms with Gasteiger partial charge >= 0.3 is 0 Å². The Labute approximate surface area is 108 Å². The van der Waals surface area contributed by atoms with Crippen LogP contribution in [0.25, 0.3) is 0 Å². The van der Waals surface area contributed by atoms with Gasteiger partial charge in [0.1, 0.15) is 5.82 Å². The maximum Gasteiger partial charge on any atom is 0.225 e. The van der Waals surface area contributed by atoms with Crippen LogP contribution in [0.1, 0.15) is 33.1 Å². The van der Waals surface area contributed by atoms with Crippen LogP contribution < -0.4 is 15.8 Å². The molecule has 2 rings (SSSR count). The van der Waals surface area contributed by atoms with Gasteiger partial charge in [0.25, 0.3) is 0 Å². The second-order valence-corrected chi connectivity index (χ2v) is 5.26. The molecule has 3 atom stereocenters. The van der Waals surface area contributed by atoms with Crippen LogP contribution in [0, 0.1) is 11.8 Å². The number of anilines is 2. The zero-order valence-electron chi connectivity index (χ0n) is 11.3. The van der Waals surface area contributed by atoms with Crippen molar-refractivity contribution in [3.05, 3.63) is 6.07 Å². The molecule has 1 aliphatic carbocycles. The third-order valence-electron chi connectivity index (χ3n) is 3.88. The number of methoxy groups -OCH3 is 1. The van der Waals surface area contributed by atoms with Crippen LogP contribution in [0.4, 0.5) is 11.8 Å². The Morgan fingerprint density at radius 1 is 1.28 bits per heavy atom. The summed E-state index contributed by atoms with van der Waals surface area (Å²) in [4.78, 5) is 8.17. The van der Waals surface area contributed by atoms with E-state index in [9.17, 15) is 0 Å². The van der Waals surface area contributed by atoms with Gasteiger partial charge in [0.05, 0.1) is 7.11 Å². The van der Waals surface area contributed by atoms with Gasteiger partial charge in [0, 0.05) is 12.1 Å². The lowest BCUT2D eigenvalue weighted by atomic mass is 9.79. The summed E-state index contributed by atoms with van der Waals surface area (Å²) >= 11 is 0. The second kappa shape index (κ2) is 5.42. The number of ether oxygens (including phenoxy) is 1. The van der Waals surface area contributed by atoms with Crippen molar-refractivity contribution in [1.29, 1.82) is 0 Å². The molecule has 0 aliphatic heterocycles. The van der Waals surface area contributed by atoms with E-state index in [-0.39, 0.29) is 5.95 Å². The minimum Gasteiger partial charge on any atom is -0.481 e. The molecule has 3 N–H and O–H groups in total. The molecule has 1 heterocycles. The van der Waals surface area contributed by atoms with Crippen LogP contribution in [-0.4, -0.2) is 23.1 Å². The zero-order chi connectivity index (χ0) is 13.1. The Balaban J connectivity index is 2.03. The molecule has 0 bridgehead atoms. The average Bonchev–Trinajstić information content (AvgIpc) is 2.33. The fourth-order valence-electron chi connectivity index (χ4n) is 2.51. The molecule has 1 fully saturated rings. The molecular weight excluding hydrogens is 228 g/mol. The molecule has 1 aromatic rings. The highest BCUT2D eigenvalue weighted by Crippen LogP contribution is 2.31. The van der Waals surface area contributed by atoms with Crippen molar-refractivity contribution < 1.29 is 4.74 Å². The van der Waals surface area contributed by atoms with Gasteiger partial charge in [0.15, 0.2) is 0 Å². The summed E-state index contributed by atoms with van der Waals surface area (Å²) in [5, 5.41) is 3.44. The van der Waals surface area contributed by atoms with E-state index in [4.69, 9.17) is 10.5 Å². The van der Waals surface area contributed by atoms with Crippen LogP contribution in [0.5, 0.6) is 5.88 Å². The molecule has 0 aromatic carbocycles. The van der Waals surface area contributed by atoms with E-state index < -0.39 is 0 Å². The van der Waals surface area contributed by atoms with Crippen LogP contribution in [0.3, 0.4) is 0 Å². The Morgan fingerprint density at radius 2 is 2.06 bits per heavy atom. The molecule has 5 heteroatoms. The lowest BCUT2D eigenvalue weighted by Gasteiger charge is -2.32. The lowest BCUT2D eigenvalue weighted by Crippen LogP contribution is -2.30. The van der Waals surface area contributed by atoms with Gasteiger partial charge in [-0.3, -0.25) is 0 Å². The number of nitrogens with two attached hydrogens (primary N) is 1. The number of nitrogens with one attached hydrogen (secondary N) is 1. The third kappa shape index (κ3) is 3.03. The van der Waals surface area contributed by atoms with Crippen LogP contribution in [-0.2, 0) is 0 Å². The minimum absolute atomic E-state index is 0.245. The summed E-state index contributed by atoms with van der Waals surface area (Å²) in [7, 11) is 1.58. The average molecular weight is 250 g/mol. The van der Waals surface area contributed by atoms with Crippen LogP contribution >= 0.6 is 0 Å². The molecule has 1 saturated carbocycles. The van der Waals surface area contributed by atoms with Crippen LogP contribution in [0.15, 0.2) is 6.07 Å². The maximum atomic E-state index is 5.65. The smallest absolute Gasteiger partial charge is 0.225 e. The van der Waals surface area contributed by atoms with Crippen molar-refractivity contribution >= 4 is 11.8 Å². The number of aromatic nitrogens is 2. The Kier molecular flexibility index (Phi) is 3.89. The summed E-state index contributed by atoms with van der Waals surface area (Å²) < 4.78 is 5.09. The van der Waals surface area contributed by atoms with Gasteiger partial charge in [-0.15, -0.1) is 0 Å². The number of nitrogens with zero attached hydrogens (tertiary/aromatic N) is 2. The van der Waals surface area contributed by atoms with E-state index in [1.165, 1.54) is 19.3 Å². The Hall–Kier alpha value is -1.52. The predicted molar refractivity (Wildman–Crippen MR) is 72.6 cm³/mol. The molecule has 18 heavy (non-hydrogen) atoms. The lowest BCUT2D eigenvalue weighted by molar-refractivity contribution is 0.260. The molecule has 0 radical (unpaired) electrons. The minimum atomic E-state index is 0.245. The fraction of sp³-hybridized carbons (Fsp3) is 0.692. The van der Waals surface area contributed by atoms with Crippen molar-refractivity contribution in [2.75, 3.05) is 18.2 Å². The van der Waals surface area contributed by atoms with Crippen LogP contribution in [0.2, 0.25) is 0 Å². The number of nitrogen functional groups attached to an aromatic ring is 1. The van der Waals surface area contributed by atoms with E-state index in [0.29, 0.717) is 11.9 Å². The van der Waals surface area contributed by atoms with E-state index >= 15 is 0 Å². The Bertz CT molecular complexity index is 410. The Morgan fingerprint density at radius 3 is 2.72 bits per heavy atom. The van der Waals surface area contributed by atoms with Gasteiger partial charge in [-0.05, 0) is 31.1 Å². The normalized spacial score (nSPS) is 27.8. The SMILES string of the molecule is COc1cc(NC2CCC(C)C(C)C2)nc(N)n1. The highest BCUT2D eigenvalue weighted by atomic mass is 16.5. The first-order valence-corrected chi connectivity index (χ1v) is 6.53.